The highest BCUT2D eigenvalue weighted by Gasteiger charge is 2.41. The second kappa shape index (κ2) is 7.92. The highest BCUT2D eigenvalue weighted by atomic mass is 16.7. The van der Waals surface area contributed by atoms with Gasteiger partial charge in [-0.05, 0) is 24.7 Å². The van der Waals surface area contributed by atoms with Crippen molar-refractivity contribution in [2.75, 3.05) is 53.7 Å². The molecule has 0 spiro atoms. The van der Waals surface area contributed by atoms with Crippen LogP contribution in [0, 0.1) is 5.92 Å². The molecule has 1 aromatic carbocycles. The number of hydrogen-bond donors (Lipinski definition) is 1. The predicted octanol–water partition coefficient (Wildman–Crippen LogP) is 0.620. The quantitative estimate of drug-likeness (QED) is 0.759. The van der Waals surface area contributed by atoms with E-state index in [1.54, 1.807) is 18.1 Å². The lowest BCUT2D eigenvalue weighted by molar-refractivity contribution is -0.141. The molecule has 1 amide bonds. The normalized spacial score (nSPS) is 21.4. The summed E-state index contributed by atoms with van der Waals surface area (Å²) in [5.41, 5.74) is 0.852. The Balaban J connectivity index is 1.70. The summed E-state index contributed by atoms with van der Waals surface area (Å²) in [6.07, 6.45) is 0. The summed E-state index contributed by atoms with van der Waals surface area (Å²) in [6, 6.07) is 5.47. The van der Waals surface area contributed by atoms with Gasteiger partial charge in [0, 0.05) is 32.7 Å². The molecule has 2 atom stereocenters. The van der Waals surface area contributed by atoms with Crippen molar-refractivity contribution in [3.63, 3.8) is 0 Å². The summed E-state index contributed by atoms with van der Waals surface area (Å²) in [6.45, 7) is 2.19. The van der Waals surface area contributed by atoms with Gasteiger partial charge in [0.2, 0.25) is 12.7 Å². The van der Waals surface area contributed by atoms with E-state index in [4.69, 9.17) is 14.2 Å². The van der Waals surface area contributed by atoms with Crippen molar-refractivity contribution in [1.82, 2.24) is 9.80 Å². The summed E-state index contributed by atoms with van der Waals surface area (Å²) < 4.78 is 15.7. The summed E-state index contributed by atoms with van der Waals surface area (Å²) in [4.78, 5) is 27.8. The van der Waals surface area contributed by atoms with E-state index >= 15 is 0 Å². The van der Waals surface area contributed by atoms with Gasteiger partial charge in [-0.3, -0.25) is 14.5 Å². The largest absolute Gasteiger partial charge is 0.481 e. The average molecular weight is 364 g/mol. The Morgan fingerprint density at radius 1 is 1.31 bits per heavy atom. The van der Waals surface area contributed by atoms with Crippen LogP contribution in [0.4, 0.5) is 0 Å². The monoisotopic (exact) mass is 364 g/mol. The molecule has 2 aliphatic heterocycles. The number of carboxylic acid groups (broad SMARTS) is 1. The molecule has 1 N–H and O–H groups in total. The highest BCUT2D eigenvalue weighted by Crippen LogP contribution is 2.39. The average Bonchev–Trinajstić information content (AvgIpc) is 3.25. The second-order valence-corrected chi connectivity index (χ2v) is 6.69. The minimum atomic E-state index is -0.893. The fourth-order valence-electron chi connectivity index (χ4n) is 3.40. The number of methoxy groups -OCH3 is 1. The third-order valence-electron chi connectivity index (χ3n) is 4.90. The number of benzene rings is 1. The molecule has 8 heteroatoms. The number of likely N-dealkylation sites (N-methyl/N-ethyl adjacent to an activating group) is 1. The van der Waals surface area contributed by atoms with Crippen LogP contribution in [0.1, 0.15) is 11.5 Å². The lowest BCUT2D eigenvalue weighted by Crippen LogP contribution is -2.39. The molecular formula is C18H24N2O6. The number of carbonyl (C=O) groups is 2. The first-order valence-corrected chi connectivity index (χ1v) is 8.57. The van der Waals surface area contributed by atoms with Gasteiger partial charge in [-0.2, -0.15) is 0 Å². The number of aliphatic carboxylic acids is 1. The van der Waals surface area contributed by atoms with E-state index in [0.29, 0.717) is 31.2 Å². The standard InChI is InChI=1S/C18H24N2O6/c1-19(5-6-24-2)10-17(21)20-8-13(14(9-20)18(22)23)12-3-4-15-16(7-12)26-11-25-15/h3-4,7,13-14H,5-6,8-11H2,1-2H3,(H,22,23)/t13-,14+/m0/s1. The van der Waals surface area contributed by atoms with Crippen molar-refractivity contribution in [2.24, 2.45) is 5.92 Å². The van der Waals surface area contributed by atoms with Crippen molar-refractivity contribution < 1.29 is 28.9 Å². The molecule has 8 nitrogen and oxygen atoms in total. The molecule has 2 aliphatic rings. The highest BCUT2D eigenvalue weighted by molar-refractivity contribution is 5.81. The minimum absolute atomic E-state index is 0.0712. The van der Waals surface area contributed by atoms with E-state index in [2.05, 4.69) is 0 Å². The fourth-order valence-corrected chi connectivity index (χ4v) is 3.40. The predicted molar refractivity (Wildman–Crippen MR) is 92.4 cm³/mol. The van der Waals surface area contributed by atoms with Gasteiger partial charge in [0.05, 0.1) is 19.1 Å². The van der Waals surface area contributed by atoms with Crippen LogP contribution in [0.25, 0.3) is 0 Å². The molecule has 26 heavy (non-hydrogen) atoms. The first kappa shape index (κ1) is 18.5. The molecule has 142 valence electrons. The molecule has 0 saturated carbocycles. The lowest BCUT2D eigenvalue weighted by Gasteiger charge is -2.21. The van der Waals surface area contributed by atoms with Gasteiger partial charge < -0.3 is 24.2 Å². The van der Waals surface area contributed by atoms with Crippen molar-refractivity contribution >= 4 is 11.9 Å². The summed E-state index contributed by atoms with van der Waals surface area (Å²) >= 11 is 0. The van der Waals surface area contributed by atoms with Crippen LogP contribution >= 0.6 is 0 Å². The Morgan fingerprint density at radius 2 is 2.08 bits per heavy atom. The Hall–Kier alpha value is -2.32. The zero-order valence-electron chi connectivity index (χ0n) is 15.0. The minimum Gasteiger partial charge on any atom is -0.481 e. The van der Waals surface area contributed by atoms with Gasteiger partial charge in [-0.25, -0.2) is 0 Å². The van der Waals surface area contributed by atoms with E-state index in [-0.39, 0.29) is 31.7 Å². The van der Waals surface area contributed by atoms with Gasteiger partial charge in [-0.15, -0.1) is 0 Å². The van der Waals surface area contributed by atoms with Crippen LogP contribution in [0.5, 0.6) is 11.5 Å². The maximum atomic E-state index is 12.6. The smallest absolute Gasteiger partial charge is 0.308 e. The number of fused-ring (bicyclic) bond motifs is 1. The van der Waals surface area contributed by atoms with Crippen LogP contribution in [-0.2, 0) is 14.3 Å². The van der Waals surface area contributed by atoms with Gasteiger partial charge in [0.25, 0.3) is 0 Å². The Bertz CT molecular complexity index is 680. The zero-order chi connectivity index (χ0) is 18.7. The van der Waals surface area contributed by atoms with Crippen molar-refractivity contribution in [3.05, 3.63) is 23.8 Å². The zero-order valence-corrected chi connectivity index (χ0v) is 15.0. The molecule has 1 aromatic rings. The first-order valence-electron chi connectivity index (χ1n) is 8.57. The summed E-state index contributed by atoms with van der Waals surface area (Å²) in [5.74, 6) is -0.588. The molecule has 0 bridgehead atoms. The van der Waals surface area contributed by atoms with Gasteiger partial charge in [0.1, 0.15) is 0 Å². The molecular weight excluding hydrogens is 340 g/mol. The Morgan fingerprint density at radius 3 is 2.81 bits per heavy atom. The molecule has 1 saturated heterocycles. The van der Waals surface area contributed by atoms with Gasteiger partial charge in [-0.1, -0.05) is 6.07 Å². The third-order valence-corrected chi connectivity index (χ3v) is 4.90. The molecule has 2 heterocycles. The van der Waals surface area contributed by atoms with E-state index in [1.165, 1.54) is 0 Å². The molecule has 3 rings (SSSR count). The lowest BCUT2D eigenvalue weighted by atomic mass is 9.89. The number of likely N-dealkylation sites (tertiary alicyclic amines) is 1. The van der Waals surface area contributed by atoms with Crippen LogP contribution in [0.2, 0.25) is 0 Å². The summed E-state index contributed by atoms with van der Waals surface area (Å²) in [7, 11) is 3.46. The SMILES string of the molecule is COCCN(C)CC(=O)N1C[C@@H](C(=O)O)[C@H](c2ccc3c(c2)OCO3)C1. The van der Waals surface area contributed by atoms with Crippen LogP contribution in [-0.4, -0.2) is 80.5 Å². The van der Waals surface area contributed by atoms with E-state index in [0.717, 1.165) is 5.56 Å². The van der Waals surface area contributed by atoms with Crippen molar-refractivity contribution in [2.45, 2.75) is 5.92 Å². The number of carbonyl (C=O) groups excluding carboxylic acids is 1. The Labute approximate surface area is 152 Å². The number of carboxylic acids is 1. The number of rotatable bonds is 7. The molecule has 0 unspecified atom stereocenters. The maximum Gasteiger partial charge on any atom is 0.308 e. The number of ether oxygens (including phenoxy) is 3. The van der Waals surface area contributed by atoms with Crippen LogP contribution in [0.15, 0.2) is 18.2 Å². The van der Waals surface area contributed by atoms with Crippen LogP contribution in [0.3, 0.4) is 0 Å². The maximum absolute atomic E-state index is 12.6. The fraction of sp³-hybridized carbons (Fsp3) is 0.556. The van der Waals surface area contributed by atoms with Crippen molar-refractivity contribution in [3.8, 4) is 11.5 Å². The van der Waals surface area contributed by atoms with E-state index in [9.17, 15) is 14.7 Å². The Kier molecular flexibility index (Phi) is 5.63. The second-order valence-electron chi connectivity index (χ2n) is 6.69. The topological polar surface area (TPSA) is 88.5 Å². The summed E-state index contributed by atoms with van der Waals surface area (Å²) in [5, 5.41) is 9.62. The molecule has 0 aromatic heterocycles. The number of nitrogens with zero attached hydrogens (tertiary/aromatic N) is 2. The van der Waals surface area contributed by atoms with E-state index < -0.39 is 11.9 Å². The van der Waals surface area contributed by atoms with Gasteiger partial charge in [0.15, 0.2) is 11.5 Å². The van der Waals surface area contributed by atoms with E-state index in [1.807, 2.05) is 24.1 Å². The van der Waals surface area contributed by atoms with Gasteiger partial charge >= 0.3 is 5.97 Å². The molecule has 1 fully saturated rings. The number of hydrogen-bond acceptors (Lipinski definition) is 6. The molecule has 0 radical (unpaired) electrons. The number of amides is 1. The molecule has 0 aliphatic carbocycles. The third kappa shape index (κ3) is 3.91. The van der Waals surface area contributed by atoms with Crippen molar-refractivity contribution in [1.29, 1.82) is 0 Å². The van der Waals surface area contributed by atoms with Crippen LogP contribution < -0.4 is 9.47 Å². The first-order chi connectivity index (χ1) is 12.5.